The highest BCUT2D eigenvalue weighted by Gasteiger charge is 1.86. The van der Waals surface area contributed by atoms with Gasteiger partial charge in [-0.25, -0.2) is 0 Å². The highest BCUT2D eigenvalue weighted by molar-refractivity contribution is 5.94. The Balaban J connectivity index is 0.000000673. The van der Waals surface area contributed by atoms with Crippen molar-refractivity contribution < 1.29 is 5.11 Å². The fourth-order valence-electron chi connectivity index (χ4n) is 0.967. The molecule has 0 atom stereocenters. The van der Waals surface area contributed by atoms with Crippen LogP contribution in [0.15, 0.2) is 47.5 Å². The molecule has 3 nitrogen and oxygen atoms in total. The molecule has 0 bridgehead atoms. The zero-order chi connectivity index (χ0) is 12.2. The maximum atomic E-state index is 8.54. The van der Waals surface area contributed by atoms with E-state index >= 15 is 0 Å². The van der Waals surface area contributed by atoms with Gasteiger partial charge in [-0.05, 0) is 39.2 Å². The van der Waals surface area contributed by atoms with Crippen molar-refractivity contribution >= 4 is 11.4 Å². The van der Waals surface area contributed by atoms with Gasteiger partial charge in [0, 0.05) is 5.71 Å². The van der Waals surface area contributed by atoms with Crippen LogP contribution >= 0.6 is 0 Å². The molecule has 0 spiro atoms. The molecule has 3 heteroatoms. The molecule has 1 rings (SSSR count). The number of rotatable bonds is 3. The summed E-state index contributed by atoms with van der Waals surface area (Å²) in [5.41, 5.74) is 1.82. The van der Waals surface area contributed by atoms with Crippen LogP contribution < -0.4 is 5.32 Å². The van der Waals surface area contributed by atoms with E-state index in [0.717, 1.165) is 11.4 Å². The summed E-state index contributed by atoms with van der Waals surface area (Å²) in [5.74, 6) is 0. The van der Waals surface area contributed by atoms with Crippen molar-refractivity contribution in [1.82, 2.24) is 5.32 Å². The molecule has 0 aromatic heterocycles. The van der Waals surface area contributed by atoms with E-state index in [1.807, 2.05) is 51.4 Å². The molecule has 88 valence electrons. The second-order valence-corrected chi connectivity index (χ2v) is 3.17. The van der Waals surface area contributed by atoms with Crippen molar-refractivity contribution in [3.8, 4) is 0 Å². The van der Waals surface area contributed by atoms with Crippen LogP contribution in [0.25, 0.3) is 0 Å². The van der Waals surface area contributed by atoms with Gasteiger partial charge in [-0.1, -0.05) is 24.3 Å². The minimum Gasteiger partial charge on any atom is -0.392 e. The minimum absolute atomic E-state index is 0.0572. The summed E-state index contributed by atoms with van der Waals surface area (Å²) in [4.78, 5) is 4.32. The average Bonchev–Trinajstić information content (AvgIpc) is 2.29. The van der Waals surface area contributed by atoms with Gasteiger partial charge in [0.05, 0.1) is 12.3 Å². The first-order valence-corrected chi connectivity index (χ1v) is 5.20. The van der Waals surface area contributed by atoms with E-state index in [-0.39, 0.29) is 6.61 Å². The van der Waals surface area contributed by atoms with Crippen molar-refractivity contribution in [3.63, 3.8) is 0 Å². The molecule has 0 aliphatic heterocycles. The van der Waals surface area contributed by atoms with Crippen LogP contribution in [0.2, 0.25) is 0 Å². The lowest BCUT2D eigenvalue weighted by Crippen LogP contribution is -1.89. The number of para-hydroxylation sites is 1. The number of nitrogens with zero attached hydrogens (tertiary/aromatic N) is 1. The molecule has 1 aromatic rings. The first-order chi connectivity index (χ1) is 7.74. The Kier molecular flexibility index (Phi) is 9.17. The van der Waals surface area contributed by atoms with Crippen molar-refractivity contribution in [2.45, 2.75) is 6.92 Å². The lowest BCUT2D eigenvalue weighted by molar-refractivity contribution is 0.343. The molecule has 0 fully saturated rings. The molecule has 1 aromatic carbocycles. The van der Waals surface area contributed by atoms with Crippen LogP contribution in [-0.4, -0.2) is 31.5 Å². The number of hydrogen-bond donors (Lipinski definition) is 2. The van der Waals surface area contributed by atoms with E-state index in [1.54, 1.807) is 12.2 Å². The molecule has 0 radical (unpaired) electrons. The van der Waals surface area contributed by atoms with Gasteiger partial charge in [-0.2, -0.15) is 0 Å². The summed E-state index contributed by atoms with van der Waals surface area (Å²) < 4.78 is 0. The second kappa shape index (κ2) is 10.1. The molecular weight excluding hydrogens is 200 g/mol. The summed E-state index contributed by atoms with van der Waals surface area (Å²) in [6, 6.07) is 9.73. The SMILES string of the molecule is CC(C=CCO)=Nc1ccccc1.CNC. The molecular formula is C13H20N2O. The Labute approximate surface area is 97.5 Å². The molecule has 2 N–H and O–H groups in total. The van der Waals surface area contributed by atoms with Crippen LogP contribution in [0.3, 0.4) is 0 Å². The van der Waals surface area contributed by atoms with E-state index in [2.05, 4.69) is 10.3 Å². The largest absolute Gasteiger partial charge is 0.392 e. The van der Waals surface area contributed by atoms with Gasteiger partial charge >= 0.3 is 0 Å². The van der Waals surface area contributed by atoms with Gasteiger partial charge in [-0.3, -0.25) is 4.99 Å². The number of nitrogens with one attached hydrogen (secondary N) is 1. The van der Waals surface area contributed by atoms with E-state index < -0.39 is 0 Å². The number of aliphatic imine (C=N–C) groups is 1. The van der Waals surface area contributed by atoms with Crippen molar-refractivity contribution in [2.24, 2.45) is 4.99 Å². The Bertz CT molecular complexity index is 318. The zero-order valence-corrected chi connectivity index (χ0v) is 10.1. The molecule has 0 unspecified atom stereocenters. The minimum atomic E-state index is 0.0572. The lowest BCUT2D eigenvalue weighted by atomic mass is 10.3. The lowest BCUT2D eigenvalue weighted by Gasteiger charge is -1.93. The van der Waals surface area contributed by atoms with Gasteiger partial charge in [0.1, 0.15) is 0 Å². The van der Waals surface area contributed by atoms with Crippen molar-refractivity contribution in [2.75, 3.05) is 20.7 Å². The fourth-order valence-corrected chi connectivity index (χ4v) is 0.967. The van der Waals surface area contributed by atoms with Crippen molar-refractivity contribution in [1.29, 1.82) is 0 Å². The van der Waals surface area contributed by atoms with E-state index in [1.165, 1.54) is 0 Å². The standard InChI is InChI=1S/C11H13NO.C2H7N/c1-10(6-5-9-13)12-11-7-3-2-4-8-11;1-3-2/h2-8,13H,9H2,1H3;3H,1-2H3. The first-order valence-electron chi connectivity index (χ1n) is 5.20. The number of aliphatic hydroxyl groups is 1. The van der Waals surface area contributed by atoms with Crippen molar-refractivity contribution in [3.05, 3.63) is 42.5 Å². The van der Waals surface area contributed by atoms with Gasteiger partial charge in [0.2, 0.25) is 0 Å². The van der Waals surface area contributed by atoms with Gasteiger partial charge < -0.3 is 10.4 Å². The van der Waals surface area contributed by atoms with Gasteiger partial charge in [-0.15, -0.1) is 0 Å². The number of aliphatic hydroxyl groups excluding tert-OH is 1. The molecule has 0 aliphatic rings. The third kappa shape index (κ3) is 7.91. The van der Waals surface area contributed by atoms with Crippen LogP contribution in [0.5, 0.6) is 0 Å². The smallest absolute Gasteiger partial charge is 0.0632 e. The van der Waals surface area contributed by atoms with Gasteiger partial charge in [0.25, 0.3) is 0 Å². The summed E-state index contributed by atoms with van der Waals surface area (Å²) in [7, 11) is 3.75. The third-order valence-electron chi connectivity index (χ3n) is 1.53. The molecule has 16 heavy (non-hydrogen) atoms. The molecule has 0 amide bonds. The fraction of sp³-hybridized carbons (Fsp3) is 0.308. The first kappa shape index (κ1) is 14.6. The maximum Gasteiger partial charge on any atom is 0.0632 e. The summed E-state index contributed by atoms with van der Waals surface area (Å²) in [5, 5.41) is 11.3. The predicted octanol–water partition coefficient (Wildman–Crippen LogP) is 2.16. The summed E-state index contributed by atoms with van der Waals surface area (Å²) in [6.45, 7) is 1.96. The second-order valence-electron chi connectivity index (χ2n) is 3.17. The van der Waals surface area contributed by atoms with E-state index in [4.69, 9.17) is 5.11 Å². The van der Waals surface area contributed by atoms with E-state index in [0.29, 0.717) is 0 Å². The van der Waals surface area contributed by atoms with Crippen LogP contribution in [0.4, 0.5) is 5.69 Å². The number of hydrogen-bond acceptors (Lipinski definition) is 3. The Hall–Kier alpha value is -1.45. The van der Waals surface area contributed by atoms with Crippen LogP contribution in [-0.2, 0) is 0 Å². The van der Waals surface area contributed by atoms with Crippen LogP contribution in [0, 0.1) is 0 Å². The zero-order valence-electron chi connectivity index (χ0n) is 10.1. The highest BCUT2D eigenvalue weighted by atomic mass is 16.2. The van der Waals surface area contributed by atoms with Gasteiger partial charge in [0.15, 0.2) is 0 Å². The average molecular weight is 220 g/mol. The Morgan fingerprint density at radius 2 is 1.88 bits per heavy atom. The number of benzene rings is 1. The topological polar surface area (TPSA) is 44.6 Å². The maximum absolute atomic E-state index is 8.54. The normalized spacial score (nSPS) is 11.1. The molecule has 0 saturated carbocycles. The quantitative estimate of drug-likeness (QED) is 0.767. The van der Waals surface area contributed by atoms with Crippen LogP contribution in [0.1, 0.15) is 6.92 Å². The summed E-state index contributed by atoms with van der Waals surface area (Å²) in [6.07, 6.45) is 3.47. The number of allylic oxidation sites excluding steroid dienone is 1. The Morgan fingerprint density at radius 3 is 2.38 bits per heavy atom. The third-order valence-corrected chi connectivity index (χ3v) is 1.53. The predicted molar refractivity (Wildman–Crippen MR) is 70.4 cm³/mol. The summed E-state index contributed by atoms with van der Waals surface area (Å²) >= 11 is 0. The van der Waals surface area contributed by atoms with E-state index in [9.17, 15) is 0 Å². The molecule has 0 heterocycles. The molecule has 0 saturated heterocycles. The Morgan fingerprint density at radius 1 is 1.31 bits per heavy atom. The highest BCUT2D eigenvalue weighted by Crippen LogP contribution is 2.09. The monoisotopic (exact) mass is 220 g/mol. The molecule has 0 aliphatic carbocycles.